The first-order chi connectivity index (χ1) is 12.6. The Bertz CT molecular complexity index is 977. The summed E-state index contributed by atoms with van der Waals surface area (Å²) in [6.45, 7) is 2.01. The van der Waals surface area contributed by atoms with Crippen LogP contribution in [0.1, 0.15) is 22.9 Å². The third kappa shape index (κ3) is 3.36. The number of hydrogen-bond acceptors (Lipinski definition) is 2. The van der Waals surface area contributed by atoms with Crippen molar-refractivity contribution < 1.29 is 0 Å². The summed E-state index contributed by atoms with van der Waals surface area (Å²) in [5.41, 5.74) is 5.07. The van der Waals surface area contributed by atoms with Crippen molar-refractivity contribution in [1.82, 2.24) is 20.4 Å². The zero-order valence-corrected chi connectivity index (χ0v) is 15.7. The van der Waals surface area contributed by atoms with Crippen molar-refractivity contribution in [3.8, 4) is 5.69 Å². The SMILES string of the molecule is Cc1nn(-c2ccccc2)cc1C1C=C(c2ccc(Cl)cc2)NC(=S)N1. The Morgan fingerprint density at radius 2 is 1.81 bits per heavy atom. The number of nitrogens with zero attached hydrogens (tertiary/aromatic N) is 2. The van der Waals surface area contributed by atoms with Crippen molar-refractivity contribution in [2.75, 3.05) is 0 Å². The zero-order valence-electron chi connectivity index (χ0n) is 14.1. The molecule has 0 amide bonds. The number of aromatic nitrogens is 2. The van der Waals surface area contributed by atoms with Gasteiger partial charge in [0.25, 0.3) is 0 Å². The third-order valence-corrected chi connectivity index (χ3v) is 4.79. The summed E-state index contributed by atoms with van der Waals surface area (Å²) in [6, 6.07) is 17.7. The Morgan fingerprint density at radius 1 is 1.08 bits per heavy atom. The largest absolute Gasteiger partial charge is 0.352 e. The number of halogens is 1. The molecule has 0 saturated carbocycles. The second-order valence-electron chi connectivity index (χ2n) is 6.11. The zero-order chi connectivity index (χ0) is 18.1. The van der Waals surface area contributed by atoms with E-state index in [1.54, 1.807) is 0 Å². The van der Waals surface area contributed by atoms with Crippen LogP contribution in [0.4, 0.5) is 0 Å². The Hall–Kier alpha value is -2.63. The molecule has 26 heavy (non-hydrogen) atoms. The molecule has 4 rings (SSSR count). The molecule has 0 saturated heterocycles. The maximum absolute atomic E-state index is 6.00. The van der Waals surface area contributed by atoms with E-state index in [1.807, 2.05) is 72.4 Å². The minimum absolute atomic E-state index is 0.0492. The second-order valence-corrected chi connectivity index (χ2v) is 6.96. The van der Waals surface area contributed by atoms with Crippen molar-refractivity contribution in [3.05, 3.63) is 88.7 Å². The van der Waals surface area contributed by atoms with Crippen LogP contribution >= 0.6 is 23.8 Å². The quantitative estimate of drug-likeness (QED) is 0.661. The molecule has 2 heterocycles. The van der Waals surface area contributed by atoms with Gasteiger partial charge in [0.05, 0.1) is 17.4 Å². The van der Waals surface area contributed by atoms with Gasteiger partial charge >= 0.3 is 0 Å². The first-order valence-electron chi connectivity index (χ1n) is 8.27. The third-order valence-electron chi connectivity index (χ3n) is 4.32. The van der Waals surface area contributed by atoms with E-state index in [0.717, 1.165) is 28.2 Å². The maximum Gasteiger partial charge on any atom is 0.171 e. The molecule has 0 bridgehead atoms. The van der Waals surface area contributed by atoms with Gasteiger partial charge in [-0.15, -0.1) is 0 Å². The standard InChI is InChI=1S/C20H17ClN4S/c1-13-17(12-25(24-13)16-5-3-2-4-6-16)19-11-18(22-20(26)23-19)14-7-9-15(21)10-8-14/h2-12,19H,1H3,(H2,22,23,26). The average molecular weight is 381 g/mol. The van der Waals surface area contributed by atoms with Crippen LogP contribution < -0.4 is 10.6 Å². The highest BCUT2D eigenvalue weighted by molar-refractivity contribution is 7.80. The Balaban J connectivity index is 1.70. The van der Waals surface area contributed by atoms with Gasteiger partial charge in [-0.05, 0) is 55.0 Å². The van der Waals surface area contributed by atoms with Gasteiger partial charge in [-0.3, -0.25) is 0 Å². The van der Waals surface area contributed by atoms with Gasteiger partial charge in [-0.25, -0.2) is 4.68 Å². The number of benzene rings is 2. The van der Waals surface area contributed by atoms with Crippen LogP contribution in [0.5, 0.6) is 0 Å². The molecule has 0 fully saturated rings. The van der Waals surface area contributed by atoms with Crippen LogP contribution in [0, 0.1) is 6.92 Å². The number of aryl methyl sites for hydroxylation is 1. The molecule has 130 valence electrons. The molecule has 2 N–H and O–H groups in total. The predicted molar refractivity (Wildman–Crippen MR) is 109 cm³/mol. The number of nitrogens with one attached hydrogen (secondary N) is 2. The molecule has 0 spiro atoms. The van der Waals surface area contributed by atoms with Crippen LogP contribution in [0.15, 0.2) is 66.9 Å². The number of hydrogen-bond donors (Lipinski definition) is 2. The molecule has 1 unspecified atom stereocenters. The summed E-state index contributed by atoms with van der Waals surface area (Å²) < 4.78 is 1.90. The monoisotopic (exact) mass is 380 g/mol. The van der Waals surface area contributed by atoms with Crippen LogP contribution in [0.2, 0.25) is 5.02 Å². The smallest absolute Gasteiger partial charge is 0.171 e. The first kappa shape index (κ1) is 16.8. The minimum Gasteiger partial charge on any atom is -0.352 e. The molecule has 6 heteroatoms. The lowest BCUT2D eigenvalue weighted by atomic mass is 10.0. The van der Waals surface area contributed by atoms with E-state index in [1.165, 1.54) is 0 Å². The van der Waals surface area contributed by atoms with Crippen molar-refractivity contribution in [2.24, 2.45) is 0 Å². The fourth-order valence-electron chi connectivity index (χ4n) is 3.01. The van der Waals surface area contributed by atoms with Crippen LogP contribution in [-0.4, -0.2) is 14.9 Å². The number of thiocarbonyl (C=S) groups is 1. The molecule has 4 nitrogen and oxygen atoms in total. The highest BCUT2D eigenvalue weighted by Crippen LogP contribution is 2.26. The van der Waals surface area contributed by atoms with E-state index in [-0.39, 0.29) is 6.04 Å². The first-order valence-corrected chi connectivity index (χ1v) is 9.05. The van der Waals surface area contributed by atoms with Gasteiger partial charge < -0.3 is 10.6 Å². The summed E-state index contributed by atoms with van der Waals surface area (Å²) in [5, 5.41) is 12.5. The molecule has 1 aliphatic rings. The topological polar surface area (TPSA) is 41.9 Å². The summed E-state index contributed by atoms with van der Waals surface area (Å²) in [6.07, 6.45) is 4.17. The summed E-state index contributed by atoms with van der Waals surface area (Å²) in [7, 11) is 0. The highest BCUT2D eigenvalue weighted by Gasteiger charge is 2.22. The van der Waals surface area contributed by atoms with Crippen molar-refractivity contribution in [1.29, 1.82) is 0 Å². The van der Waals surface area contributed by atoms with E-state index in [9.17, 15) is 0 Å². The van der Waals surface area contributed by atoms with Gasteiger partial charge in [-0.1, -0.05) is 41.9 Å². The molecule has 2 aromatic carbocycles. The second kappa shape index (κ2) is 6.94. The van der Waals surface area contributed by atoms with E-state index in [0.29, 0.717) is 10.1 Å². The highest BCUT2D eigenvalue weighted by atomic mass is 35.5. The molecule has 1 aromatic heterocycles. The molecule has 1 atom stereocenters. The minimum atomic E-state index is -0.0492. The lowest BCUT2D eigenvalue weighted by molar-refractivity contribution is 0.760. The maximum atomic E-state index is 6.00. The van der Waals surface area contributed by atoms with E-state index in [4.69, 9.17) is 23.8 Å². The van der Waals surface area contributed by atoms with Gasteiger partial charge in [0.2, 0.25) is 0 Å². The molecule has 0 radical (unpaired) electrons. The number of rotatable bonds is 3. The van der Waals surface area contributed by atoms with Gasteiger partial charge in [0, 0.05) is 22.5 Å². The molecule has 3 aromatic rings. The normalized spacial score (nSPS) is 16.6. The Kier molecular flexibility index (Phi) is 4.49. The van der Waals surface area contributed by atoms with Crippen LogP contribution in [0.25, 0.3) is 11.4 Å². The Labute approximate surface area is 162 Å². The van der Waals surface area contributed by atoms with Crippen LogP contribution in [0.3, 0.4) is 0 Å². The fraction of sp³-hybridized carbons (Fsp3) is 0.100. The van der Waals surface area contributed by atoms with E-state index >= 15 is 0 Å². The summed E-state index contributed by atoms with van der Waals surface area (Å²) in [4.78, 5) is 0. The lowest BCUT2D eigenvalue weighted by Crippen LogP contribution is -2.40. The number of para-hydroxylation sites is 1. The van der Waals surface area contributed by atoms with Gasteiger partial charge in [0.15, 0.2) is 5.11 Å². The lowest BCUT2D eigenvalue weighted by Gasteiger charge is -2.25. The Morgan fingerprint density at radius 3 is 2.54 bits per heavy atom. The van der Waals surface area contributed by atoms with Crippen molar-refractivity contribution >= 4 is 34.6 Å². The molecule has 1 aliphatic heterocycles. The van der Waals surface area contributed by atoms with Gasteiger partial charge in [0.1, 0.15) is 0 Å². The van der Waals surface area contributed by atoms with Crippen molar-refractivity contribution in [2.45, 2.75) is 13.0 Å². The molecular weight excluding hydrogens is 364 g/mol. The average Bonchev–Trinajstić information content (AvgIpc) is 3.04. The summed E-state index contributed by atoms with van der Waals surface area (Å²) >= 11 is 11.4. The van der Waals surface area contributed by atoms with Crippen molar-refractivity contribution in [3.63, 3.8) is 0 Å². The predicted octanol–water partition coefficient (Wildman–Crippen LogP) is 4.39. The van der Waals surface area contributed by atoms with Gasteiger partial charge in [-0.2, -0.15) is 5.10 Å². The molecular formula is C20H17ClN4S. The van der Waals surface area contributed by atoms with E-state index < -0.39 is 0 Å². The fourth-order valence-corrected chi connectivity index (χ4v) is 3.37. The summed E-state index contributed by atoms with van der Waals surface area (Å²) in [5.74, 6) is 0. The molecule has 0 aliphatic carbocycles. The van der Waals surface area contributed by atoms with Crippen LogP contribution in [-0.2, 0) is 0 Å². The van der Waals surface area contributed by atoms with E-state index in [2.05, 4.69) is 21.8 Å².